The molecule has 3 nitrogen and oxygen atoms in total. The highest BCUT2D eigenvalue weighted by Crippen LogP contribution is 2.45. The quantitative estimate of drug-likeness (QED) is 0.569. The first-order valence-corrected chi connectivity index (χ1v) is 7.36. The van der Waals surface area contributed by atoms with E-state index in [0.29, 0.717) is 0 Å². The Kier molecular flexibility index (Phi) is 4.32. The normalized spacial score (nSPS) is 39.4. The van der Waals surface area contributed by atoms with Gasteiger partial charge < -0.3 is 14.3 Å². The van der Waals surface area contributed by atoms with Gasteiger partial charge in [0.1, 0.15) is 0 Å². The Labute approximate surface area is 116 Å². The van der Waals surface area contributed by atoms with Crippen LogP contribution in [-0.4, -0.2) is 30.0 Å². The van der Waals surface area contributed by atoms with Crippen LogP contribution in [0.15, 0.2) is 12.2 Å². The van der Waals surface area contributed by atoms with Crippen LogP contribution in [0.1, 0.15) is 52.9 Å². The van der Waals surface area contributed by atoms with Gasteiger partial charge in [-0.25, -0.2) is 6.57 Å². The summed E-state index contributed by atoms with van der Waals surface area (Å²) in [7, 11) is 0. The molecule has 2 rings (SSSR count). The molecule has 5 atom stereocenters. The van der Waals surface area contributed by atoms with E-state index < -0.39 is 0 Å². The topological polar surface area (TPSA) is 22.8 Å². The van der Waals surface area contributed by atoms with Crippen molar-refractivity contribution >= 4 is 0 Å². The van der Waals surface area contributed by atoms with Gasteiger partial charge in [0.25, 0.3) is 0 Å². The summed E-state index contributed by atoms with van der Waals surface area (Å²) in [6, 6.07) is 0.0507. The van der Waals surface area contributed by atoms with Gasteiger partial charge in [-0.3, -0.25) is 0 Å². The summed E-state index contributed by atoms with van der Waals surface area (Å²) >= 11 is 0. The maximum absolute atomic E-state index is 7.09. The van der Waals surface area contributed by atoms with E-state index in [4.69, 9.17) is 16.0 Å². The van der Waals surface area contributed by atoms with Crippen LogP contribution in [0.2, 0.25) is 0 Å². The van der Waals surface area contributed by atoms with Crippen molar-refractivity contribution in [2.24, 2.45) is 0 Å². The highest BCUT2D eigenvalue weighted by atomic mass is 16.6. The summed E-state index contributed by atoms with van der Waals surface area (Å²) in [5, 5.41) is 0. The fourth-order valence-corrected chi connectivity index (χ4v) is 3.34. The third kappa shape index (κ3) is 2.85. The van der Waals surface area contributed by atoms with Crippen LogP contribution in [0.4, 0.5) is 0 Å². The minimum atomic E-state index is -0.145. The molecule has 2 heterocycles. The number of rotatable bonds is 4. The molecule has 0 aromatic rings. The van der Waals surface area contributed by atoms with Gasteiger partial charge in [0, 0.05) is 19.8 Å². The highest BCUT2D eigenvalue weighted by Gasteiger charge is 2.52. The molecule has 19 heavy (non-hydrogen) atoms. The number of ether oxygens (including phenoxy) is 2. The lowest BCUT2D eigenvalue weighted by Gasteiger charge is -2.41. The largest absolute Gasteiger partial charge is 0.369 e. The molecule has 106 valence electrons. The van der Waals surface area contributed by atoms with Crippen LogP contribution in [0, 0.1) is 6.57 Å². The van der Waals surface area contributed by atoms with Crippen LogP contribution in [-0.2, 0) is 9.47 Å². The first kappa shape index (κ1) is 14.6. The molecule has 0 N–H and O–H groups in total. The molecule has 2 fully saturated rings. The van der Waals surface area contributed by atoms with E-state index in [1.807, 2.05) is 13.8 Å². The van der Waals surface area contributed by atoms with Gasteiger partial charge in [0.15, 0.2) is 0 Å². The van der Waals surface area contributed by atoms with Crippen LogP contribution >= 0.6 is 0 Å². The molecule has 2 saturated heterocycles. The SMILES string of the molecule is [C-]#[N+][C@@H](C)C[C@H]1CC[C@@H]2O[C@@H](C(=C)C)C[C@]2(CC)O1. The van der Waals surface area contributed by atoms with Crippen molar-refractivity contribution < 1.29 is 9.47 Å². The van der Waals surface area contributed by atoms with Gasteiger partial charge in [0.2, 0.25) is 6.04 Å². The molecular formula is C16H25NO2. The summed E-state index contributed by atoms with van der Waals surface area (Å²) in [6.07, 6.45) is 5.36. The van der Waals surface area contributed by atoms with E-state index >= 15 is 0 Å². The van der Waals surface area contributed by atoms with E-state index in [0.717, 1.165) is 37.7 Å². The van der Waals surface area contributed by atoms with Crippen molar-refractivity contribution in [2.45, 2.75) is 82.8 Å². The zero-order chi connectivity index (χ0) is 14.0. The van der Waals surface area contributed by atoms with Gasteiger partial charge in [-0.05, 0) is 26.2 Å². The van der Waals surface area contributed by atoms with Gasteiger partial charge in [-0.15, -0.1) is 0 Å². The maximum Gasteiger partial charge on any atom is 0.223 e. The van der Waals surface area contributed by atoms with E-state index in [1.54, 1.807) is 0 Å². The van der Waals surface area contributed by atoms with Crippen LogP contribution < -0.4 is 0 Å². The van der Waals surface area contributed by atoms with Crippen molar-refractivity contribution in [1.29, 1.82) is 0 Å². The molecule has 3 heteroatoms. The van der Waals surface area contributed by atoms with Crippen molar-refractivity contribution in [3.8, 4) is 0 Å². The predicted molar refractivity (Wildman–Crippen MR) is 75.9 cm³/mol. The standard InChI is InChI=1S/C16H25NO2/c1-6-16-10-14(11(2)3)18-15(16)8-7-13(19-16)9-12(4)17-5/h12-15H,2,6-10H2,1,3-4H3/t12-,13+,14+,15-,16-/m0/s1. The summed E-state index contributed by atoms with van der Waals surface area (Å²) in [5.74, 6) is 0. The van der Waals surface area contributed by atoms with Crippen LogP contribution in [0.3, 0.4) is 0 Å². The average molecular weight is 263 g/mol. The third-order valence-electron chi connectivity index (χ3n) is 4.57. The average Bonchev–Trinajstić information content (AvgIpc) is 2.78. The first-order chi connectivity index (χ1) is 9.00. The second kappa shape index (κ2) is 5.64. The predicted octanol–water partition coefficient (Wildman–Crippen LogP) is 3.75. The highest BCUT2D eigenvalue weighted by molar-refractivity contribution is 5.10. The number of nitrogens with zero attached hydrogens (tertiary/aromatic N) is 1. The van der Waals surface area contributed by atoms with Crippen molar-refractivity contribution in [1.82, 2.24) is 0 Å². The lowest BCUT2D eigenvalue weighted by molar-refractivity contribution is -0.168. The molecule has 0 unspecified atom stereocenters. The van der Waals surface area contributed by atoms with E-state index in [9.17, 15) is 0 Å². The summed E-state index contributed by atoms with van der Waals surface area (Å²) in [6.45, 7) is 17.3. The minimum absolute atomic E-state index is 0.0507. The molecule has 2 aliphatic rings. The molecule has 0 aromatic carbocycles. The molecule has 0 saturated carbocycles. The fourth-order valence-electron chi connectivity index (χ4n) is 3.34. The fraction of sp³-hybridized carbons (Fsp3) is 0.812. The van der Waals surface area contributed by atoms with Gasteiger partial charge in [-0.2, -0.15) is 0 Å². The Bertz CT molecular complexity index is 387. The second-order valence-electron chi connectivity index (χ2n) is 6.11. The van der Waals surface area contributed by atoms with E-state index in [2.05, 4.69) is 18.3 Å². The number of hydrogen-bond donors (Lipinski definition) is 0. The molecule has 2 aliphatic heterocycles. The summed E-state index contributed by atoms with van der Waals surface area (Å²) in [4.78, 5) is 3.58. The van der Waals surface area contributed by atoms with E-state index in [1.165, 1.54) is 0 Å². The molecule has 0 radical (unpaired) electrons. The Hall–Kier alpha value is -0.850. The molecule has 0 aromatic heterocycles. The Morgan fingerprint density at radius 3 is 2.84 bits per heavy atom. The summed E-state index contributed by atoms with van der Waals surface area (Å²) < 4.78 is 12.5. The molecule has 0 spiro atoms. The molecule has 0 aliphatic carbocycles. The maximum atomic E-state index is 7.09. The Morgan fingerprint density at radius 1 is 1.53 bits per heavy atom. The van der Waals surface area contributed by atoms with Crippen molar-refractivity contribution in [2.75, 3.05) is 0 Å². The van der Waals surface area contributed by atoms with Crippen LogP contribution in [0.25, 0.3) is 4.85 Å². The zero-order valence-corrected chi connectivity index (χ0v) is 12.3. The first-order valence-electron chi connectivity index (χ1n) is 7.36. The van der Waals surface area contributed by atoms with Crippen LogP contribution in [0.5, 0.6) is 0 Å². The molecular weight excluding hydrogens is 238 g/mol. The van der Waals surface area contributed by atoms with E-state index in [-0.39, 0.29) is 30.0 Å². The lowest BCUT2D eigenvalue weighted by atomic mass is 9.83. The summed E-state index contributed by atoms with van der Waals surface area (Å²) in [5.41, 5.74) is 0.950. The second-order valence-corrected chi connectivity index (χ2v) is 6.11. The third-order valence-corrected chi connectivity index (χ3v) is 4.57. The monoisotopic (exact) mass is 263 g/mol. The smallest absolute Gasteiger partial charge is 0.223 e. The molecule has 0 bridgehead atoms. The zero-order valence-electron chi connectivity index (χ0n) is 12.3. The van der Waals surface area contributed by atoms with Gasteiger partial charge in [0.05, 0.1) is 23.9 Å². The number of hydrogen-bond acceptors (Lipinski definition) is 2. The number of fused-ring (bicyclic) bond motifs is 1. The van der Waals surface area contributed by atoms with Crippen molar-refractivity contribution in [3.05, 3.63) is 23.6 Å². The van der Waals surface area contributed by atoms with Gasteiger partial charge in [-0.1, -0.05) is 19.1 Å². The Balaban J connectivity index is 2.06. The molecule has 0 amide bonds. The minimum Gasteiger partial charge on any atom is -0.369 e. The van der Waals surface area contributed by atoms with Crippen molar-refractivity contribution in [3.63, 3.8) is 0 Å². The van der Waals surface area contributed by atoms with Gasteiger partial charge >= 0.3 is 0 Å². The Morgan fingerprint density at radius 2 is 2.26 bits per heavy atom. The lowest BCUT2D eigenvalue weighted by Crippen LogP contribution is -2.48.